The van der Waals surface area contributed by atoms with Crippen molar-refractivity contribution in [2.75, 3.05) is 0 Å². The predicted octanol–water partition coefficient (Wildman–Crippen LogP) is 0.692. The number of imidazole rings is 1. The fraction of sp³-hybridized carbons (Fsp3) is 0.500. The SMILES string of the molecule is CCn1ccnc1CC(NN)c1cn(C)nc1C. The van der Waals surface area contributed by atoms with E-state index in [0.29, 0.717) is 0 Å². The summed E-state index contributed by atoms with van der Waals surface area (Å²) in [6, 6.07) is 0.0337. The van der Waals surface area contributed by atoms with Gasteiger partial charge >= 0.3 is 0 Å². The van der Waals surface area contributed by atoms with Crippen molar-refractivity contribution >= 4 is 0 Å². The minimum absolute atomic E-state index is 0.0337. The highest BCUT2D eigenvalue weighted by Crippen LogP contribution is 2.19. The van der Waals surface area contributed by atoms with Crippen molar-refractivity contribution < 1.29 is 0 Å². The molecule has 6 nitrogen and oxygen atoms in total. The first kappa shape index (κ1) is 12.8. The molecule has 0 radical (unpaired) electrons. The summed E-state index contributed by atoms with van der Waals surface area (Å²) in [4.78, 5) is 4.38. The number of rotatable bonds is 5. The quantitative estimate of drug-likeness (QED) is 0.603. The Balaban J connectivity index is 2.22. The maximum absolute atomic E-state index is 5.67. The number of hydrazine groups is 1. The molecule has 0 aliphatic heterocycles. The van der Waals surface area contributed by atoms with E-state index in [1.54, 1.807) is 4.68 Å². The molecule has 0 bridgehead atoms. The van der Waals surface area contributed by atoms with E-state index >= 15 is 0 Å². The summed E-state index contributed by atoms with van der Waals surface area (Å²) >= 11 is 0. The Labute approximate surface area is 107 Å². The van der Waals surface area contributed by atoms with Crippen molar-refractivity contribution in [1.82, 2.24) is 24.8 Å². The first-order chi connectivity index (χ1) is 8.65. The van der Waals surface area contributed by atoms with Gasteiger partial charge in [0, 0.05) is 44.2 Å². The van der Waals surface area contributed by atoms with Crippen LogP contribution in [-0.4, -0.2) is 19.3 Å². The molecule has 1 unspecified atom stereocenters. The van der Waals surface area contributed by atoms with Crippen LogP contribution in [0.5, 0.6) is 0 Å². The molecule has 0 saturated heterocycles. The van der Waals surface area contributed by atoms with E-state index in [9.17, 15) is 0 Å². The van der Waals surface area contributed by atoms with Gasteiger partial charge in [-0.2, -0.15) is 5.10 Å². The molecule has 0 aromatic carbocycles. The number of nitrogens with zero attached hydrogens (tertiary/aromatic N) is 4. The molecule has 18 heavy (non-hydrogen) atoms. The Morgan fingerprint density at radius 2 is 2.28 bits per heavy atom. The summed E-state index contributed by atoms with van der Waals surface area (Å²) in [5.41, 5.74) is 4.97. The van der Waals surface area contributed by atoms with Gasteiger partial charge in [0.25, 0.3) is 0 Å². The molecular formula is C12H20N6. The normalized spacial score (nSPS) is 12.9. The van der Waals surface area contributed by atoms with Crippen LogP contribution < -0.4 is 11.3 Å². The predicted molar refractivity (Wildman–Crippen MR) is 69.6 cm³/mol. The van der Waals surface area contributed by atoms with E-state index in [0.717, 1.165) is 30.0 Å². The molecule has 2 aromatic rings. The zero-order valence-electron chi connectivity index (χ0n) is 11.1. The lowest BCUT2D eigenvalue weighted by Gasteiger charge is -2.15. The fourth-order valence-electron chi connectivity index (χ4n) is 2.22. The van der Waals surface area contributed by atoms with Gasteiger partial charge in [-0.3, -0.25) is 16.0 Å². The Morgan fingerprint density at radius 1 is 1.50 bits per heavy atom. The smallest absolute Gasteiger partial charge is 0.110 e. The van der Waals surface area contributed by atoms with Gasteiger partial charge in [-0.1, -0.05) is 0 Å². The van der Waals surface area contributed by atoms with Gasteiger partial charge in [0.15, 0.2) is 0 Å². The summed E-state index contributed by atoms with van der Waals surface area (Å²) in [6.07, 6.45) is 6.56. The first-order valence-electron chi connectivity index (χ1n) is 6.12. The zero-order valence-corrected chi connectivity index (χ0v) is 11.1. The van der Waals surface area contributed by atoms with E-state index in [-0.39, 0.29) is 6.04 Å². The number of hydrogen-bond donors (Lipinski definition) is 2. The fourth-order valence-corrected chi connectivity index (χ4v) is 2.22. The average Bonchev–Trinajstić information content (AvgIpc) is 2.92. The maximum Gasteiger partial charge on any atom is 0.110 e. The molecule has 2 aromatic heterocycles. The van der Waals surface area contributed by atoms with Gasteiger partial charge in [-0.25, -0.2) is 4.98 Å². The molecule has 1 atom stereocenters. The summed E-state index contributed by atoms with van der Waals surface area (Å²) in [5.74, 6) is 6.70. The van der Waals surface area contributed by atoms with Crippen LogP contribution in [0.15, 0.2) is 18.6 Å². The number of aryl methyl sites for hydroxylation is 3. The van der Waals surface area contributed by atoms with Crippen LogP contribution in [0.3, 0.4) is 0 Å². The lowest BCUT2D eigenvalue weighted by molar-refractivity contribution is 0.521. The molecule has 2 heterocycles. The molecule has 0 aliphatic carbocycles. The topological polar surface area (TPSA) is 73.7 Å². The van der Waals surface area contributed by atoms with Crippen molar-refractivity contribution in [2.45, 2.75) is 32.9 Å². The highest BCUT2D eigenvalue weighted by atomic mass is 15.3. The van der Waals surface area contributed by atoms with Crippen molar-refractivity contribution in [3.05, 3.63) is 35.7 Å². The highest BCUT2D eigenvalue weighted by molar-refractivity contribution is 5.21. The van der Waals surface area contributed by atoms with E-state index in [1.807, 2.05) is 32.6 Å². The van der Waals surface area contributed by atoms with E-state index < -0.39 is 0 Å². The second kappa shape index (κ2) is 5.32. The largest absolute Gasteiger partial charge is 0.335 e. The lowest BCUT2D eigenvalue weighted by Crippen LogP contribution is -2.30. The summed E-state index contributed by atoms with van der Waals surface area (Å²) in [5, 5.41) is 4.35. The minimum atomic E-state index is 0.0337. The van der Waals surface area contributed by atoms with Crippen LogP contribution in [0.25, 0.3) is 0 Å². The molecular weight excluding hydrogens is 228 g/mol. The molecule has 6 heteroatoms. The number of aromatic nitrogens is 4. The van der Waals surface area contributed by atoms with Gasteiger partial charge in [0.1, 0.15) is 5.82 Å². The van der Waals surface area contributed by atoms with Crippen LogP contribution >= 0.6 is 0 Å². The van der Waals surface area contributed by atoms with E-state index in [2.05, 4.69) is 27.0 Å². The molecule has 98 valence electrons. The van der Waals surface area contributed by atoms with Gasteiger partial charge in [0.05, 0.1) is 11.7 Å². The van der Waals surface area contributed by atoms with E-state index in [1.165, 1.54) is 0 Å². The van der Waals surface area contributed by atoms with Gasteiger partial charge in [0.2, 0.25) is 0 Å². The Bertz CT molecular complexity index is 512. The minimum Gasteiger partial charge on any atom is -0.335 e. The third kappa shape index (κ3) is 2.44. The van der Waals surface area contributed by atoms with Crippen molar-refractivity contribution in [1.29, 1.82) is 0 Å². The number of hydrogen-bond acceptors (Lipinski definition) is 4. The van der Waals surface area contributed by atoms with Gasteiger partial charge in [-0.05, 0) is 13.8 Å². The third-order valence-corrected chi connectivity index (χ3v) is 3.16. The molecule has 3 N–H and O–H groups in total. The molecule has 0 fully saturated rings. The van der Waals surface area contributed by atoms with Crippen LogP contribution in [0.1, 0.15) is 30.0 Å². The standard InChI is InChI=1S/C12H20N6/c1-4-18-6-5-14-12(18)7-11(15-13)10-8-17(3)16-9(10)2/h5-6,8,11,15H,4,7,13H2,1-3H3. The van der Waals surface area contributed by atoms with Gasteiger partial charge in [-0.15, -0.1) is 0 Å². The maximum atomic E-state index is 5.67. The molecule has 0 amide bonds. The summed E-state index contributed by atoms with van der Waals surface area (Å²) < 4.78 is 3.93. The van der Waals surface area contributed by atoms with Crippen molar-refractivity contribution in [2.24, 2.45) is 12.9 Å². The highest BCUT2D eigenvalue weighted by Gasteiger charge is 2.17. The van der Waals surface area contributed by atoms with Crippen LogP contribution in [0, 0.1) is 6.92 Å². The lowest BCUT2D eigenvalue weighted by atomic mass is 10.1. The Kier molecular flexibility index (Phi) is 3.78. The first-order valence-corrected chi connectivity index (χ1v) is 6.12. The molecule has 2 rings (SSSR count). The molecule has 0 spiro atoms. The average molecular weight is 248 g/mol. The number of nitrogens with one attached hydrogen (secondary N) is 1. The van der Waals surface area contributed by atoms with Crippen LogP contribution in [-0.2, 0) is 20.0 Å². The van der Waals surface area contributed by atoms with Gasteiger partial charge < -0.3 is 4.57 Å². The summed E-state index contributed by atoms with van der Waals surface area (Å²) in [7, 11) is 1.91. The zero-order chi connectivity index (χ0) is 13.1. The monoisotopic (exact) mass is 248 g/mol. The van der Waals surface area contributed by atoms with E-state index in [4.69, 9.17) is 5.84 Å². The summed E-state index contributed by atoms with van der Waals surface area (Å²) in [6.45, 7) is 5.01. The molecule has 0 aliphatic rings. The van der Waals surface area contributed by atoms with Crippen LogP contribution in [0.2, 0.25) is 0 Å². The van der Waals surface area contributed by atoms with Crippen LogP contribution in [0.4, 0.5) is 0 Å². The third-order valence-electron chi connectivity index (χ3n) is 3.16. The second-order valence-electron chi connectivity index (χ2n) is 4.40. The molecule has 0 saturated carbocycles. The Morgan fingerprint density at radius 3 is 2.83 bits per heavy atom. The Hall–Kier alpha value is -1.66. The van der Waals surface area contributed by atoms with Crippen molar-refractivity contribution in [3.8, 4) is 0 Å². The number of nitrogens with two attached hydrogens (primary N) is 1. The van der Waals surface area contributed by atoms with Crippen molar-refractivity contribution in [3.63, 3.8) is 0 Å². The second-order valence-corrected chi connectivity index (χ2v) is 4.40.